The Hall–Kier alpha value is -1.87. The van der Waals surface area contributed by atoms with Crippen LogP contribution in [0.5, 0.6) is 0 Å². The van der Waals surface area contributed by atoms with Gasteiger partial charge in [0.05, 0.1) is 18.9 Å². The fraction of sp³-hybridized carbons (Fsp3) is 0.520. The molecule has 10 heteroatoms. The van der Waals surface area contributed by atoms with Gasteiger partial charge in [0.1, 0.15) is 5.92 Å². The molecule has 2 aliphatic carbocycles. The van der Waals surface area contributed by atoms with E-state index in [1.165, 1.54) is 0 Å². The zero-order chi connectivity index (χ0) is 25.3. The van der Waals surface area contributed by atoms with E-state index in [2.05, 4.69) is 4.72 Å². The molecule has 35 heavy (non-hydrogen) atoms. The quantitative estimate of drug-likeness (QED) is 0.543. The maximum absolute atomic E-state index is 14.1. The van der Waals surface area contributed by atoms with E-state index in [1.807, 2.05) is 6.08 Å². The summed E-state index contributed by atoms with van der Waals surface area (Å²) in [5, 5.41) is 0.958. The van der Waals surface area contributed by atoms with Gasteiger partial charge in [-0.05, 0) is 43.9 Å². The highest BCUT2D eigenvalue weighted by Gasteiger charge is 2.52. The van der Waals surface area contributed by atoms with Crippen molar-refractivity contribution in [3.63, 3.8) is 0 Å². The van der Waals surface area contributed by atoms with Crippen LogP contribution in [0, 0.1) is 5.92 Å². The average molecular weight is 541 g/mol. The SMILES string of the molecule is CCOC(=O)[C@H]1c2ccccc2C(=O)N([C@@H]2CCCC[C@H]2NS(C)(=O)=O)[C@@H]1C1CC=C(Cl)C=C1Cl. The Bertz CT molecular complexity index is 1170. The first-order valence-corrected chi connectivity index (χ1v) is 14.6. The molecule has 3 aliphatic rings. The van der Waals surface area contributed by atoms with E-state index in [4.69, 9.17) is 27.9 Å². The molecule has 1 N–H and O–H groups in total. The molecule has 1 aliphatic heterocycles. The van der Waals surface area contributed by atoms with Crippen molar-refractivity contribution in [2.24, 2.45) is 5.92 Å². The van der Waals surface area contributed by atoms with Crippen molar-refractivity contribution < 1.29 is 22.7 Å². The minimum absolute atomic E-state index is 0.194. The van der Waals surface area contributed by atoms with Crippen LogP contribution < -0.4 is 4.72 Å². The van der Waals surface area contributed by atoms with E-state index < -0.39 is 46.0 Å². The molecule has 1 unspecified atom stereocenters. The number of carbonyl (C=O) groups excluding carboxylic acids is 2. The Morgan fingerprint density at radius 2 is 1.91 bits per heavy atom. The van der Waals surface area contributed by atoms with Gasteiger partial charge in [-0.2, -0.15) is 0 Å². The first-order chi connectivity index (χ1) is 16.6. The molecule has 0 aromatic heterocycles. The van der Waals surface area contributed by atoms with Crippen LogP contribution in [-0.2, 0) is 19.6 Å². The van der Waals surface area contributed by atoms with Crippen LogP contribution in [0.2, 0.25) is 0 Å². The standard InChI is InChI=1S/C25H30Cl2N2O5S/c1-3-34-25(31)22-16-8-4-5-9-17(16)24(30)29(23(22)18-13-12-15(26)14-19(18)27)21-11-7-6-10-20(21)28-35(2,32)33/h4-5,8-9,12,14,18,20-23,28H,3,6-7,10-11,13H2,1-2H3/t18?,20-,21-,22+,23-/m1/s1. The van der Waals surface area contributed by atoms with E-state index in [0.29, 0.717) is 40.5 Å². The molecule has 1 aromatic rings. The number of benzene rings is 1. The number of fused-ring (bicyclic) bond motifs is 1. The predicted molar refractivity (Wildman–Crippen MR) is 136 cm³/mol. The van der Waals surface area contributed by atoms with Crippen LogP contribution in [0.15, 0.2) is 46.5 Å². The number of nitrogens with zero attached hydrogens (tertiary/aromatic N) is 1. The smallest absolute Gasteiger partial charge is 0.315 e. The number of esters is 1. The van der Waals surface area contributed by atoms with E-state index in [1.54, 1.807) is 42.2 Å². The van der Waals surface area contributed by atoms with Gasteiger partial charge in [0.2, 0.25) is 10.0 Å². The highest BCUT2D eigenvalue weighted by atomic mass is 35.5. The first-order valence-electron chi connectivity index (χ1n) is 11.9. The third-order valence-electron chi connectivity index (χ3n) is 7.03. The maximum atomic E-state index is 14.1. The van der Waals surface area contributed by atoms with E-state index in [0.717, 1.165) is 19.1 Å². The summed E-state index contributed by atoms with van der Waals surface area (Å²) < 4.78 is 32.6. The second-order valence-corrected chi connectivity index (χ2v) is 12.0. The highest BCUT2D eigenvalue weighted by Crippen LogP contribution is 2.46. The summed E-state index contributed by atoms with van der Waals surface area (Å²) in [6.07, 6.45) is 7.94. The van der Waals surface area contributed by atoms with Gasteiger partial charge in [-0.25, -0.2) is 13.1 Å². The Kier molecular flexibility index (Phi) is 7.95. The Morgan fingerprint density at radius 1 is 1.20 bits per heavy atom. The monoisotopic (exact) mass is 540 g/mol. The van der Waals surface area contributed by atoms with Crippen molar-refractivity contribution in [3.8, 4) is 0 Å². The molecule has 5 atom stereocenters. The Morgan fingerprint density at radius 3 is 2.60 bits per heavy atom. The van der Waals surface area contributed by atoms with E-state index >= 15 is 0 Å². The number of carbonyl (C=O) groups is 2. The summed E-state index contributed by atoms with van der Waals surface area (Å²) in [7, 11) is -3.52. The number of allylic oxidation sites excluding steroid dienone is 3. The lowest BCUT2D eigenvalue weighted by Crippen LogP contribution is -2.63. The number of halogens is 2. The lowest BCUT2D eigenvalue weighted by Gasteiger charge is -2.51. The summed E-state index contributed by atoms with van der Waals surface area (Å²) >= 11 is 12.9. The van der Waals surface area contributed by atoms with Gasteiger partial charge in [-0.1, -0.05) is 60.3 Å². The summed E-state index contributed by atoms with van der Waals surface area (Å²) in [4.78, 5) is 29.2. The van der Waals surface area contributed by atoms with Gasteiger partial charge in [-0.3, -0.25) is 9.59 Å². The number of hydrogen-bond donors (Lipinski definition) is 1. The molecule has 0 saturated heterocycles. The summed E-state index contributed by atoms with van der Waals surface area (Å²) in [6.45, 7) is 1.94. The number of rotatable bonds is 6. The van der Waals surface area contributed by atoms with Crippen molar-refractivity contribution in [2.75, 3.05) is 12.9 Å². The third-order valence-corrected chi connectivity index (χ3v) is 8.41. The fourth-order valence-electron chi connectivity index (χ4n) is 5.69. The molecule has 0 bridgehead atoms. The average Bonchev–Trinajstić information content (AvgIpc) is 2.79. The maximum Gasteiger partial charge on any atom is 0.315 e. The van der Waals surface area contributed by atoms with Gasteiger partial charge < -0.3 is 9.64 Å². The predicted octanol–water partition coefficient (Wildman–Crippen LogP) is 4.28. The number of nitrogens with one attached hydrogen (secondary N) is 1. The second-order valence-electron chi connectivity index (χ2n) is 9.33. The van der Waals surface area contributed by atoms with Crippen LogP contribution in [0.1, 0.15) is 60.9 Å². The minimum atomic E-state index is -3.52. The zero-order valence-corrected chi connectivity index (χ0v) is 22.1. The van der Waals surface area contributed by atoms with Gasteiger partial charge >= 0.3 is 5.97 Å². The van der Waals surface area contributed by atoms with Crippen LogP contribution >= 0.6 is 23.2 Å². The summed E-state index contributed by atoms with van der Waals surface area (Å²) in [6, 6.07) is 5.50. The number of hydrogen-bond acceptors (Lipinski definition) is 5. The molecule has 1 saturated carbocycles. The van der Waals surface area contributed by atoms with E-state index in [9.17, 15) is 18.0 Å². The van der Waals surface area contributed by atoms with Crippen molar-refractivity contribution in [2.45, 2.75) is 63.1 Å². The molecule has 1 aromatic carbocycles. The number of sulfonamides is 1. The van der Waals surface area contributed by atoms with Crippen molar-refractivity contribution in [1.29, 1.82) is 0 Å². The molecular formula is C25H30Cl2N2O5S. The van der Waals surface area contributed by atoms with E-state index in [-0.39, 0.29) is 12.5 Å². The molecule has 4 rings (SSSR count). The molecular weight excluding hydrogens is 511 g/mol. The van der Waals surface area contributed by atoms with Crippen LogP contribution in [0.25, 0.3) is 0 Å². The summed E-state index contributed by atoms with van der Waals surface area (Å²) in [5.41, 5.74) is 1.03. The third kappa shape index (κ3) is 5.45. The van der Waals surface area contributed by atoms with Crippen molar-refractivity contribution in [3.05, 3.63) is 57.6 Å². The second kappa shape index (κ2) is 10.6. The van der Waals surface area contributed by atoms with Crippen LogP contribution in [-0.4, -0.2) is 56.2 Å². The highest BCUT2D eigenvalue weighted by molar-refractivity contribution is 7.88. The molecule has 190 valence electrons. The normalized spacial score (nSPS) is 29.2. The zero-order valence-electron chi connectivity index (χ0n) is 19.7. The van der Waals surface area contributed by atoms with Gasteiger partial charge in [-0.15, -0.1) is 0 Å². The number of amides is 1. The molecule has 1 fully saturated rings. The lowest BCUT2D eigenvalue weighted by atomic mass is 9.73. The fourth-order valence-corrected chi connectivity index (χ4v) is 7.11. The summed E-state index contributed by atoms with van der Waals surface area (Å²) in [5.74, 6) is -1.84. The molecule has 0 spiro atoms. The minimum Gasteiger partial charge on any atom is -0.465 e. The lowest BCUT2D eigenvalue weighted by molar-refractivity contribution is -0.147. The molecule has 1 amide bonds. The first kappa shape index (κ1) is 26.2. The molecule has 1 heterocycles. The Balaban J connectivity index is 1.89. The molecule has 0 radical (unpaired) electrons. The topological polar surface area (TPSA) is 92.8 Å². The largest absolute Gasteiger partial charge is 0.465 e. The van der Waals surface area contributed by atoms with Crippen LogP contribution in [0.4, 0.5) is 0 Å². The van der Waals surface area contributed by atoms with Gasteiger partial charge in [0, 0.05) is 33.6 Å². The van der Waals surface area contributed by atoms with Crippen molar-refractivity contribution in [1.82, 2.24) is 9.62 Å². The number of ether oxygens (including phenoxy) is 1. The van der Waals surface area contributed by atoms with Crippen molar-refractivity contribution >= 4 is 45.1 Å². The molecule has 7 nitrogen and oxygen atoms in total. The van der Waals surface area contributed by atoms with Crippen LogP contribution in [0.3, 0.4) is 0 Å². The Labute approximate surface area is 216 Å². The van der Waals surface area contributed by atoms with Gasteiger partial charge in [0.25, 0.3) is 5.91 Å². The van der Waals surface area contributed by atoms with Gasteiger partial charge in [0.15, 0.2) is 0 Å².